The Hall–Kier alpha value is -4.24. The topological polar surface area (TPSA) is 85.1 Å². The molecular weight excluding hydrogens is 490 g/mol. The van der Waals surface area contributed by atoms with Crippen LogP contribution in [0.1, 0.15) is 18.1 Å². The molecule has 0 saturated carbocycles. The zero-order chi connectivity index (χ0) is 25.8. The van der Waals surface area contributed by atoms with Crippen molar-refractivity contribution in [3.63, 3.8) is 0 Å². The summed E-state index contributed by atoms with van der Waals surface area (Å²) in [6.45, 7) is 3.45. The number of benzene rings is 3. The number of hydrogen-bond donors (Lipinski definition) is 2. The van der Waals surface area contributed by atoms with E-state index >= 15 is 0 Å². The van der Waals surface area contributed by atoms with Crippen LogP contribution in [0.2, 0.25) is 0 Å². The molecule has 2 heterocycles. The van der Waals surface area contributed by atoms with Crippen molar-refractivity contribution < 1.29 is 18.9 Å². The average molecular weight is 518 g/mol. The van der Waals surface area contributed by atoms with E-state index in [0.717, 1.165) is 33.7 Å². The molecule has 5 rings (SSSR count). The summed E-state index contributed by atoms with van der Waals surface area (Å²) in [4.78, 5) is 17.9. The third kappa shape index (κ3) is 5.62. The Kier molecular flexibility index (Phi) is 7.14. The summed E-state index contributed by atoms with van der Waals surface area (Å²) < 4.78 is 21.9. The van der Waals surface area contributed by atoms with Gasteiger partial charge in [-0.2, -0.15) is 0 Å². The van der Waals surface area contributed by atoms with E-state index in [9.17, 15) is 4.79 Å². The lowest BCUT2D eigenvalue weighted by molar-refractivity contribution is 0.174. The summed E-state index contributed by atoms with van der Waals surface area (Å²) in [5, 5.41) is 4.65. The number of rotatable bonds is 8. The zero-order valence-corrected chi connectivity index (χ0v) is 21.4. The number of fused-ring (bicyclic) bond motifs is 2. The predicted molar refractivity (Wildman–Crippen MR) is 147 cm³/mol. The SMILES string of the molecule is CCOc1ccc2[nH]c(=O)c(CN(Cc3ccc4c(c3)OCO4)C(=S)Nc3ccc(OC)cc3)cc2c1. The number of pyridine rings is 1. The first-order chi connectivity index (χ1) is 18.0. The van der Waals surface area contributed by atoms with Crippen molar-refractivity contribution in [2.45, 2.75) is 20.0 Å². The molecule has 4 aromatic rings. The molecule has 3 aromatic carbocycles. The number of nitrogens with zero attached hydrogens (tertiary/aromatic N) is 1. The van der Waals surface area contributed by atoms with Crippen molar-refractivity contribution in [3.8, 4) is 23.0 Å². The van der Waals surface area contributed by atoms with E-state index in [0.29, 0.717) is 41.9 Å². The highest BCUT2D eigenvalue weighted by Crippen LogP contribution is 2.33. The van der Waals surface area contributed by atoms with Crippen molar-refractivity contribution in [2.24, 2.45) is 0 Å². The molecule has 8 nitrogen and oxygen atoms in total. The Morgan fingerprint density at radius 3 is 2.57 bits per heavy atom. The smallest absolute Gasteiger partial charge is 0.253 e. The minimum Gasteiger partial charge on any atom is -0.497 e. The lowest BCUT2D eigenvalue weighted by atomic mass is 10.1. The van der Waals surface area contributed by atoms with E-state index in [1.807, 2.05) is 78.6 Å². The fourth-order valence-corrected chi connectivity index (χ4v) is 4.39. The zero-order valence-electron chi connectivity index (χ0n) is 20.6. The van der Waals surface area contributed by atoms with Crippen molar-refractivity contribution in [2.75, 3.05) is 25.8 Å². The van der Waals surface area contributed by atoms with Crippen molar-refractivity contribution in [1.29, 1.82) is 0 Å². The van der Waals surface area contributed by atoms with Gasteiger partial charge < -0.3 is 34.1 Å². The minimum atomic E-state index is -0.167. The van der Waals surface area contributed by atoms with Crippen LogP contribution in [0, 0.1) is 0 Å². The van der Waals surface area contributed by atoms with Crippen LogP contribution in [0.4, 0.5) is 5.69 Å². The maximum absolute atomic E-state index is 13.0. The second kappa shape index (κ2) is 10.8. The van der Waals surface area contributed by atoms with Crippen LogP contribution in [0.15, 0.2) is 71.5 Å². The van der Waals surface area contributed by atoms with Crippen LogP contribution in [0.25, 0.3) is 10.9 Å². The quantitative estimate of drug-likeness (QED) is 0.314. The van der Waals surface area contributed by atoms with E-state index < -0.39 is 0 Å². The Balaban J connectivity index is 1.44. The molecule has 0 spiro atoms. The first kappa shape index (κ1) is 24.5. The molecule has 9 heteroatoms. The number of aromatic amines is 1. The summed E-state index contributed by atoms with van der Waals surface area (Å²) in [5.74, 6) is 2.91. The van der Waals surface area contributed by atoms with Crippen molar-refractivity contribution in [3.05, 3.63) is 88.2 Å². The van der Waals surface area contributed by atoms with Crippen LogP contribution >= 0.6 is 12.2 Å². The molecule has 0 radical (unpaired) electrons. The molecule has 190 valence electrons. The molecule has 37 heavy (non-hydrogen) atoms. The molecule has 0 unspecified atom stereocenters. The van der Waals surface area contributed by atoms with Gasteiger partial charge in [0.2, 0.25) is 6.79 Å². The lowest BCUT2D eigenvalue weighted by Crippen LogP contribution is -2.35. The van der Waals surface area contributed by atoms with Crippen LogP contribution in [-0.4, -0.2) is 35.5 Å². The highest BCUT2D eigenvalue weighted by molar-refractivity contribution is 7.80. The molecule has 0 amide bonds. The van der Waals surface area contributed by atoms with Crippen LogP contribution < -0.4 is 29.8 Å². The molecule has 0 aliphatic carbocycles. The van der Waals surface area contributed by atoms with Gasteiger partial charge in [-0.3, -0.25) is 4.79 Å². The first-order valence-electron chi connectivity index (χ1n) is 11.9. The minimum absolute atomic E-state index is 0.167. The number of H-pyrrole nitrogens is 1. The third-order valence-corrected chi connectivity index (χ3v) is 6.36. The summed E-state index contributed by atoms with van der Waals surface area (Å²) in [7, 11) is 1.62. The Morgan fingerprint density at radius 1 is 1.00 bits per heavy atom. The Morgan fingerprint density at radius 2 is 1.78 bits per heavy atom. The van der Waals surface area contributed by atoms with Crippen LogP contribution in [0.5, 0.6) is 23.0 Å². The average Bonchev–Trinajstić information content (AvgIpc) is 3.37. The number of methoxy groups -OCH3 is 1. The van der Waals surface area contributed by atoms with E-state index in [4.69, 9.17) is 31.2 Å². The normalized spacial score (nSPS) is 11.8. The van der Waals surface area contributed by atoms with Crippen LogP contribution in [0.3, 0.4) is 0 Å². The van der Waals surface area contributed by atoms with Gasteiger partial charge in [0.05, 0.1) is 20.3 Å². The maximum atomic E-state index is 13.0. The second-order valence-electron chi connectivity index (χ2n) is 8.51. The Labute approximate surface area is 219 Å². The highest BCUT2D eigenvalue weighted by atomic mass is 32.1. The summed E-state index contributed by atoms with van der Waals surface area (Å²) in [6.07, 6.45) is 0. The molecule has 0 atom stereocenters. The first-order valence-corrected chi connectivity index (χ1v) is 12.3. The number of thiocarbonyl (C=S) groups is 1. The van der Waals surface area contributed by atoms with Gasteiger partial charge in [-0.1, -0.05) is 6.07 Å². The van der Waals surface area contributed by atoms with Gasteiger partial charge >= 0.3 is 0 Å². The Bertz CT molecular complexity index is 1490. The lowest BCUT2D eigenvalue weighted by Gasteiger charge is -2.26. The molecule has 0 bridgehead atoms. The predicted octanol–water partition coefficient (Wildman–Crippen LogP) is 5.06. The third-order valence-electron chi connectivity index (χ3n) is 6.00. The number of ether oxygens (including phenoxy) is 4. The fraction of sp³-hybridized carbons (Fsp3) is 0.214. The van der Waals surface area contributed by atoms with E-state index in [1.54, 1.807) is 7.11 Å². The number of nitrogens with one attached hydrogen (secondary N) is 2. The number of hydrogen-bond acceptors (Lipinski definition) is 6. The number of anilines is 1. The molecule has 1 aromatic heterocycles. The van der Waals surface area contributed by atoms with E-state index in [-0.39, 0.29) is 12.4 Å². The highest BCUT2D eigenvalue weighted by Gasteiger charge is 2.18. The van der Waals surface area contributed by atoms with Crippen LogP contribution in [-0.2, 0) is 13.1 Å². The van der Waals surface area contributed by atoms with Gasteiger partial charge in [0, 0.05) is 28.7 Å². The molecular formula is C28H27N3O5S. The van der Waals surface area contributed by atoms with Gasteiger partial charge in [0.15, 0.2) is 16.6 Å². The van der Waals surface area contributed by atoms with E-state index in [2.05, 4.69) is 10.3 Å². The van der Waals surface area contributed by atoms with Gasteiger partial charge in [-0.25, -0.2) is 0 Å². The summed E-state index contributed by atoms with van der Waals surface area (Å²) in [6, 6.07) is 20.8. The molecule has 0 fully saturated rings. The largest absolute Gasteiger partial charge is 0.497 e. The molecule has 2 N–H and O–H groups in total. The van der Waals surface area contributed by atoms with Crippen molar-refractivity contribution in [1.82, 2.24) is 9.88 Å². The van der Waals surface area contributed by atoms with Gasteiger partial charge in [0.1, 0.15) is 11.5 Å². The molecule has 1 aliphatic heterocycles. The maximum Gasteiger partial charge on any atom is 0.253 e. The van der Waals surface area contributed by atoms with Gasteiger partial charge in [-0.15, -0.1) is 0 Å². The summed E-state index contributed by atoms with van der Waals surface area (Å²) >= 11 is 5.81. The standard InChI is InChI=1S/C28H27N3O5S/c1-3-34-23-9-10-24-19(14-23)13-20(27(32)30-24)16-31(15-18-4-11-25-26(12-18)36-17-35-25)28(37)29-21-5-7-22(33-2)8-6-21/h4-14H,3,15-17H2,1-2H3,(H,29,37)(H,30,32). The second-order valence-corrected chi connectivity index (χ2v) is 8.89. The monoisotopic (exact) mass is 517 g/mol. The summed E-state index contributed by atoms with van der Waals surface area (Å²) in [5.41, 5.74) is 2.95. The molecule has 0 saturated heterocycles. The fourth-order valence-electron chi connectivity index (χ4n) is 4.15. The van der Waals surface area contributed by atoms with Gasteiger partial charge in [-0.05, 0) is 85.4 Å². The molecule has 1 aliphatic rings. The number of aromatic nitrogens is 1. The van der Waals surface area contributed by atoms with E-state index in [1.165, 1.54) is 0 Å². The van der Waals surface area contributed by atoms with Gasteiger partial charge in [0.25, 0.3) is 5.56 Å². The van der Waals surface area contributed by atoms with Crippen molar-refractivity contribution >= 4 is 33.9 Å².